The molecule has 1 aliphatic heterocycles. The molecule has 0 aromatic heterocycles. The zero-order valence-corrected chi connectivity index (χ0v) is 9.79. The Hall–Kier alpha value is -0.800. The Labute approximate surface area is 87.7 Å². The number of rotatable bonds is 2. The first-order valence-electron chi connectivity index (χ1n) is 4.48. The minimum Gasteiger partial charge on any atom is -0.272 e. The van der Waals surface area contributed by atoms with Gasteiger partial charge in [-0.15, -0.1) is 0 Å². The highest BCUT2D eigenvalue weighted by Gasteiger charge is 2.17. The van der Waals surface area contributed by atoms with Crippen LogP contribution >= 0.6 is 9.93 Å². The Morgan fingerprint density at radius 3 is 2.21 bits per heavy atom. The molecule has 0 saturated heterocycles. The van der Waals surface area contributed by atoms with Gasteiger partial charge in [0.1, 0.15) is 0 Å². The predicted octanol–water partition coefficient (Wildman–Crippen LogP) is 2.65. The van der Waals surface area contributed by atoms with Gasteiger partial charge in [-0.2, -0.15) is 9.93 Å². The molecule has 0 unspecified atom stereocenters. The van der Waals surface area contributed by atoms with Crippen molar-refractivity contribution in [2.75, 3.05) is 6.26 Å². The van der Waals surface area contributed by atoms with Crippen molar-refractivity contribution in [3.63, 3.8) is 0 Å². The number of hydrogen-bond acceptors (Lipinski definition) is 1. The summed E-state index contributed by atoms with van der Waals surface area (Å²) in [4.78, 5) is 0.988. The molecular formula is C11H14OS2. The van der Waals surface area contributed by atoms with E-state index in [2.05, 4.69) is 10.8 Å². The number of benzene rings is 1. The van der Waals surface area contributed by atoms with Crippen LogP contribution in [0.5, 0.6) is 0 Å². The second-order valence-electron chi connectivity index (χ2n) is 3.28. The topological polar surface area (TPSA) is 17.1 Å². The van der Waals surface area contributed by atoms with E-state index >= 15 is 0 Å². The van der Waals surface area contributed by atoms with Crippen LogP contribution in [0.2, 0.25) is 0 Å². The summed E-state index contributed by atoms with van der Waals surface area (Å²) in [5.74, 6) is 0. The Balaban J connectivity index is 2.38. The summed E-state index contributed by atoms with van der Waals surface area (Å²) in [7, 11) is -2.77. The fourth-order valence-corrected chi connectivity index (χ4v) is 6.76. The molecule has 1 aromatic rings. The lowest BCUT2D eigenvalue weighted by atomic mass is 10.4. The first-order chi connectivity index (χ1) is 6.71. The smallest absolute Gasteiger partial charge is 0.0223 e. The van der Waals surface area contributed by atoms with Crippen LogP contribution in [0.25, 0.3) is 0 Å². The molecule has 0 fully saturated rings. The lowest BCUT2D eigenvalue weighted by molar-refractivity contribution is 0.684. The summed E-state index contributed by atoms with van der Waals surface area (Å²) < 4.78 is 12.5. The fourth-order valence-electron chi connectivity index (χ4n) is 1.42. The maximum Gasteiger partial charge on any atom is 0.0223 e. The minimum absolute atomic E-state index is 0.570. The van der Waals surface area contributed by atoms with Crippen LogP contribution in [0.15, 0.2) is 58.2 Å². The van der Waals surface area contributed by atoms with Crippen LogP contribution < -0.4 is 0 Å². The molecule has 1 aromatic carbocycles. The van der Waals surface area contributed by atoms with E-state index in [0.717, 1.165) is 4.90 Å². The van der Waals surface area contributed by atoms with E-state index < -0.39 is 18.9 Å². The summed E-state index contributed by atoms with van der Waals surface area (Å²) in [6.07, 6.45) is 5.86. The number of thiol groups is 2. The Morgan fingerprint density at radius 1 is 1.07 bits per heavy atom. The van der Waals surface area contributed by atoms with Gasteiger partial charge >= 0.3 is 0 Å². The van der Waals surface area contributed by atoms with Gasteiger partial charge in [0.05, 0.1) is 0 Å². The monoisotopic (exact) mass is 226 g/mol. The molecule has 3 heteroatoms. The molecule has 2 rings (SSSR count). The van der Waals surface area contributed by atoms with Gasteiger partial charge in [-0.1, -0.05) is 39.3 Å². The van der Waals surface area contributed by atoms with E-state index in [1.165, 1.54) is 0 Å². The SMILES string of the molecule is C[SH](=O)(c1ccccc1)[SH]1C=CC=C1. The van der Waals surface area contributed by atoms with Crippen LogP contribution in [-0.4, -0.2) is 10.5 Å². The maximum absolute atomic E-state index is 12.5. The largest absolute Gasteiger partial charge is 0.272 e. The molecule has 1 heterocycles. The van der Waals surface area contributed by atoms with E-state index in [1.54, 1.807) is 0 Å². The molecule has 14 heavy (non-hydrogen) atoms. The Morgan fingerprint density at radius 2 is 1.64 bits per heavy atom. The third kappa shape index (κ3) is 1.70. The normalized spacial score (nSPS) is 18.8. The van der Waals surface area contributed by atoms with Crippen molar-refractivity contribution in [2.45, 2.75) is 4.90 Å². The van der Waals surface area contributed by atoms with Gasteiger partial charge in [0, 0.05) is 11.2 Å². The molecule has 0 atom stereocenters. The fraction of sp³-hybridized carbons (Fsp3) is 0.0909. The average Bonchev–Trinajstić information content (AvgIpc) is 2.72. The Kier molecular flexibility index (Phi) is 2.61. The predicted molar refractivity (Wildman–Crippen MR) is 67.4 cm³/mol. The van der Waals surface area contributed by atoms with Crippen molar-refractivity contribution >= 4 is 18.9 Å². The quantitative estimate of drug-likeness (QED) is 0.585. The second-order valence-corrected chi connectivity index (χ2v) is 10.6. The lowest BCUT2D eigenvalue weighted by Crippen LogP contribution is -2.06. The van der Waals surface area contributed by atoms with E-state index in [0.29, 0.717) is 0 Å². The molecule has 0 radical (unpaired) electrons. The van der Waals surface area contributed by atoms with Crippen molar-refractivity contribution in [2.24, 2.45) is 0 Å². The molecular weight excluding hydrogens is 212 g/mol. The minimum atomic E-state index is -2.20. The molecule has 0 aliphatic carbocycles. The summed E-state index contributed by atoms with van der Waals surface area (Å²) in [5, 5.41) is 4.15. The number of hydrogen-bond donors (Lipinski definition) is 2. The van der Waals surface area contributed by atoms with Crippen molar-refractivity contribution in [3.05, 3.63) is 53.3 Å². The standard InChI is InChI=1S/C11H14OS2/c1-14(12,13-9-5-6-10-13)11-7-3-2-4-8-11/h2-10,13-14H,1H3. The maximum atomic E-state index is 12.5. The summed E-state index contributed by atoms with van der Waals surface area (Å²) in [6, 6.07) is 9.78. The van der Waals surface area contributed by atoms with Gasteiger partial charge in [-0.3, -0.25) is 4.21 Å². The van der Waals surface area contributed by atoms with E-state index in [4.69, 9.17) is 0 Å². The van der Waals surface area contributed by atoms with Gasteiger partial charge in [-0.25, -0.2) is 0 Å². The molecule has 0 bridgehead atoms. The molecule has 0 spiro atoms. The van der Waals surface area contributed by atoms with Crippen molar-refractivity contribution in [1.29, 1.82) is 0 Å². The zero-order chi connectivity index (χ0) is 10.0. The highest BCUT2D eigenvalue weighted by Crippen LogP contribution is 2.47. The third-order valence-electron chi connectivity index (χ3n) is 2.26. The molecule has 76 valence electrons. The van der Waals surface area contributed by atoms with E-state index in [1.807, 2.05) is 48.7 Å². The third-order valence-corrected chi connectivity index (χ3v) is 9.49. The zero-order valence-electron chi connectivity index (χ0n) is 8.00. The van der Waals surface area contributed by atoms with Gasteiger partial charge in [-0.05, 0) is 22.9 Å². The molecule has 0 N–H and O–H groups in total. The van der Waals surface area contributed by atoms with Crippen molar-refractivity contribution < 1.29 is 4.21 Å². The highest BCUT2D eigenvalue weighted by atomic mass is 33.2. The van der Waals surface area contributed by atoms with Gasteiger partial charge in [0.15, 0.2) is 0 Å². The van der Waals surface area contributed by atoms with Gasteiger partial charge < -0.3 is 0 Å². The first-order valence-corrected chi connectivity index (χ1v) is 8.82. The first kappa shape index (κ1) is 9.74. The Bertz CT molecular complexity index is 408. The van der Waals surface area contributed by atoms with Crippen LogP contribution in [0.3, 0.4) is 0 Å². The molecule has 1 nitrogen and oxygen atoms in total. The highest BCUT2D eigenvalue weighted by molar-refractivity contribution is 8.87. The molecule has 0 amide bonds. The van der Waals surface area contributed by atoms with Gasteiger partial charge in [0.25, 0.3) is 0 Å². The number of allylic oxidation sites excluding steroid dienone is 2. The van der Waals surface area contributed by atoms with Crippen LogP contribution in [0.1, 0.15) is 0 Å². The summed E-state index contributed by atoms with van der Waals surface area (Å²) >= 11 is 0. The van der Waals surface area contributed by atoms with Crippen molar-refractivity contribution in [1.82, 2.24) is 0 Å². The van der Waals surface area contributed by atoms with Crippen molar-refractivity contribution in [3.8, 4) is 0 Å². The lowest BCUT2D eigenvalue weighted by Gasteiger charge is -2.26. The molecule has 0 saturated carbocycles. The average molecular weight is 226 g/mol. The second kappa shape index (κ2) is 3.75. The van der Waals surface area contributed by atoms with E-state index in [9.17, 15) is 4.21 Å². The van der Waals surface area contributed by atoms with Crippen LogP contribution in [0, 0.1) is 0 Å². The summed E-state index contributed by atoms with van der Waals surface area (Å²) in [5.41, 5.74) is 0. The molecule has 1 aliphatic rings. The van der Waals surface area contributed by atoms with Crippen LogP contribution in [0.4, 0.5) is 0 Å². The van der Waals surface area contributed by atoms with E-state index in [-0.39, 0.29) is 0 Å². The van der Waals surface area contributed by atoms with Gasteiger partial charge in [0.2, 0.25) is 0 Å². The summed E-state index contributed by atoms with van der Waals surface area (Å²) in [6.45, 7) is 0. The van der Waals surface area contributed by atoms with Crippen LogP contribution in [-0.2, 0) is 8.96 Å².